The van der Waals surface area contributed by atoms with E-state index in [-0.39, 0.29) is 21.8 Å². The van der Waals surface area contributed by atoms with Crippen LogP contribution in [-0.2, 0) is 9.84 Å². The lowest BCUT2D eigenvalue weighted by molar-refractivity contribution is 0.0900. The minimum atomic E-state index is -3.90. The van der Waals surface area contributed by atoms with Crippen molar-refractivity contribution in [3.63, 3.8) is 0 Å². The van der Waals surface area contributed by atoms with Crippen molar-refractivity contribution in [3.8, 4) is 5.75 Å². The van der Waals surface area contributed by atoms with Crippen molar-refractivity contribution in [2.75, 3.05) is 26.2 Å². The molecule has 1 fully saturated rings. The number of amides is 1. The van der Waals surface area contributed by atoms with Gasteiger partial charge in [-0.2, -0.15) is 0 Å². The molecule has 0 aliphatic carbocycles. The Morgan fingerprint density at radius 3 is 2.31 bits per heavy atom. The first-order chi connectivity index (χ1) is 17.4. The monoisotopic (exact) mass is 530 g/mol. The average Bonchev–Trinajstić information content (AvgIpc) is 3.24. The number of likely N-dealkylation sites (tertiary alicyclic amines) is 1. The van der Waals surface area contributed by atoms with Gasteiger partial charge in [-0.05, 0) is 86.9 Å². The Hall–Kier alpha value is -2.81. The molecule has 0 radical (unpaired) electrons. The normalized spacial score (nSPS) is 15.7. The Balaban J connectivity index is 1.49. The SMILES string of the molecule is CCOc1ccc(C(CNC(=O)c2ccc(S(=O)(=O)c3ccc(Cl)cc3)o2)N2CCCCCC2)cc1. The minimum Gasteiger partial charge on any atom is -0.494 e. The minimum absolute atomic E-state index is 0.0186. The van der Waals surface area contributed by atoms with E-state index in [0.717, 1.165) is 37.2 Å². The number of hydrogen-bond donors (Lipinski definition) is 1. The molecule has 7 nitrogen and oxygen atoms in total. The van der Waals surface area contributed by atoms with Crippen LogP contribution in [0.3, 0.4) is 0 Å². The van der Waals surface area contributed by atoms with Crippen molar-refractivity contribution in [3.05, 3.63) is 77.0 Å². The largest absolute Gasteiger partial charge is 0.494 e. The van der Waals surface area contributed by atoms with Crippen LogP contribution in [0, 0.1) is 0 Å². The van der Waals surface area contributed by atoms with E-state index in [4.69, 9.17) is 20.8 Å². The van der Waals surface area contributed by atoms with E-state index in [1.165, 1.54) is 49.2 Å². The molecule has 2 heterocycles. The standard InChI is InChI=1S/C27H31ClN2O5S/c1-2-34-22-11-7-20(8-12-22)24(30-17-5-3-4-6-18-30)19-29-27(31)25-15-16-26(35-25)36(32,33)23-13-9-21(28)10-14-23/h7-16,24H,2-6,17-19H2,1H3,(H,29,31). The Morgan fingerprint density at radius 1 is 1.00 bits per heavy atom. The summed E-state index contributed by atoms with van der Waals surface area (Å²) in [6.07, 6.45) is 4.64. The number of sulfone groups is 1. The Kier molecular flexibility index (Phi) is 8.72. The van der Waals surface area contributed by atoms with Crippen LogP contribution in [0.25, 0.3) is 0 Å². The molecule has 0 bridgehead atoms. The van der Waals surface area contributed by atoms with Gasteiger partial charge in [0.15, 0.2) is 5.76 Å². The molecule has 36 heavy (non-hydrogen) atoms. The summed E-state index contributed by atoms with van der Waals surface area (Å²) in [5.41, 5.74) is 1.09. The maximum atomic E-state index is 12.9. The lowest BCUT2D eigenvalue weighted by Crippen LogP contribution is -2.38. The predicted octanol–water partition coefficient (Wildman–Crippen LogP) is 5.51. The summed E-state index contributed by atoms with van der Waals surface area (Å²) in [6.45, 7) is 4.83. The van der Waals surface area contributed by atoms with Crippen LogP contribution in [-0.4, -0.2) is 45.5 Å². The van der Waals surface area contributed by atoms with E-state index >= 15 is 0 Å². The van der Waals surface area contributed by atoms with Gasteiger partial charge >= 0.3 is 0 Å². The van der Waals surface area contributed by atoms with E-state index in [1.54, 1.807) is 0 Å². The quantitative estimate of drug-likeness (QED) is 0.392. The first-order valence-electron chi connectivity index (χ1n) is 12.2. The summed E-state index contributed by atoms with van der Waals surface area (Å²) in [5.74, 6) is 0.298. The van der Waals surface area contributed by atoms with Crippen molar-refractivity contribution in [1.82, 2.24) is 10.2 Å². The number of carbonyl (C=O) groups excluding carboxylic acids is 1. The predicted molar refractivity (Wildman–Crippen MR) is 138 cm³/mol. The molecule has 3 aromatic rings. The molecule has 9 heteroatoms. The van der Waals surface area contributed by atoms with Gasteiger partial charge in [0.25, 0.3) is 5.91 Å². The van der Waals surface area contributed by atoms with E-state index in [0.29, 0.717) is 18.2 Å². The highest BCUT2D eigenvalue weighted by molar-refractivity contribution is 7.91. The fourth-order valence-electron chi connectivity index (χ4n) is 4.41. The molecule has 1 unspecified atom stereocenters. The number of ether oxygens (including phenoxy) is 1. The maximum Gasteiger partial charge on any atom is 0.287 e. The molecule has 0 saturated carbocycles. The van der Waals surface area contributed by atoms with Crippen LogP contribution in [0.1, 0.15) is 54.8 Å². The molecule has 1 atom stereocenters. The third-order valence-electron chi connectivity index (χ3n) is 6.31. The molecular weight excluding hydrogens is 500 g/mol. The molecule has 1 aliphatic rings. The van der Waals surface area contributed by atoms with Crippen molar-refractivity contribution in [1.29, 1.82) is 0 Å². The van der Waals surface area contributed by atoms with Crippen LogP contribution in [0.15, 0.2) is 75.1 Å². The third kappa shape index (κ3) is 6.30. The van der Waals surface area contributed by atoms with Gasteiger partial charge in [-0.25, -0.2) is 8.42 Å². The molecule has 0 spiro atoms. The number of hydrogen-bond acceptors (Lipinski definition) is 6. The number of nitrogens with zero attached hydrogens (tertiary/aromatic N) is 1. The zero-order chi connectivity index (χ0) is 25.5. The second-order valence-electron chi connectivity index (χ2n) is 8.75. The summed E-state index contributed by atoms with van der Waals surface area (Å²) in [6, 6.07) is 16.4. The zero-order valence-electron chi connectivity index (χ0n) is 20.3. The molecule has 1 amide bonds. The molecule has 1 aromatic heterocycles. The molecule has 1 saturated heterocycles. The van der Waals surface area contributed by atoms with Gasteiger partial charge in [-0.3, -0.25) is 9.69 Å². The summed E-state index contributed by atoms with van der Waals surface area (Å²) in [4.78, 5) is 15.4. The van der Waals surface area contributed by atoms with Crippen molar-refractivity contribution in [2.24, 2.45) is 0 Å². The summed E-state index contributed by atoms with van der Waals surface area (Å²) < 4.78 is 36.8. The molecule has 192 valence electrons. The van der Waals surface area contributed by atoms with Crippen LogP contribution < -0.4 is 10.1 Å². The molecular formula is C27H31ClN2O5S. The lowest BCUT2D eigenvalue weighted by Gasteiger charge is -2.31. The van der Waals surface area contributed by atoms with Gasteiger partial charge in [0, 0.05) is 11.6 Å². The van der Waals surface area contributed by atoms with Crippen molar-refractivity contribution in [2.45, 2.75) is 48.6 Å². The maximum absolute atomic E-state index is 12.9. The van der Waals surface area contributed by atoms with Gasteiger partial charge in [-0.15, -0.1) is 0 Å². The summed E-state index contributed by atoms with van der Waals surface area (Å²) in [7, 11) is -3.90. The number of carbonyl (C=O) groups is 1. The topological polar surface area (TPSA) is 88.8 Å². The number of rotatable bonds is 9. The van der Waals surface area contributed by atoms with Crippen LogP contribution in [0.4, 0.5) is 0 Å². The number of furan rings is 1. The van der Waals surface area contributed by atoms with Crippen molar-refractivity contribution < 1.29 is 22.4 Å². The van der Waals surface area contributed by atoms with Crippen LogP contribution in [0.5, 0.6) is 5.75 Å². The van der Waals surface area contributed by atoms with Crippen LogP contribution in [0.2, 0.25) is 5.02 Å². The van der Waals surface area contributed by atoms with E-state index < -0.39 is 15.7 Å². The summed E-state index contributed by atoms with van der Waals surface area (Å²) in [5, 5.41) is 3.09. The fraction of sp³-hybridized carbons (Fsp3) is 0.370. The zero-order valence-corrected chi connectivity index (χ0v) is 21.9. The van der Waals surface area contributed by atoms with Gasteiger partial charge in [0.1, 0.15) is 5.75 Å². The molecule has 4 rings (SSSR count). The molecule has 2 aromatic carbocycles. The Labute approximate surface area is 217 Å². The first-order valence-corrected chi connectivity index (χ1v) is 14.1. The van der Waals surface area contributed by atoms with Crippen molar-refractivity contribution >= 4 is 27.3 Å². The Bertz CT molecular complexity index is 1250. The van der Waals surface area contributed by atoms with E-state index in [1.807, 2.05) is 31.2 Å². The summed E-state index contributed by atoms with van der Waals surface area (Å²) >= 11 is 5.86. The lowest BCUT2D eigenvalue weighted by atomic mass is 10.0. The van der Waals surface area contributed by atoms with Gasteiger partial charge in [0.2, 0.25) is 14.9 Å². The number of halogens is 1. The fourth-order valence-corrected chi connectivity index (χ4v) is 5.71. The van der Waals surface area contributed by atoms with E-state index in [9.17, 15) is 13.2 Å². The average molecular weight is 531 g/mol. The van der Waals surface area contributed by atoms with Gasteiger partial charge in [0.05, 0.1) is 17.5 Å². The highest BCUT2D eigenvalue weighted by Gasteiger charge is 2.26. The van der Waals surface area contributed by atoms with E-state index in [2.05, 4.69) is 10.2 Å². The molecule has 1 aliphatic heterocycles. The second-order valence-corrected chi connectivity index (χ2v) is 11.1. The molecule has 1 N–H and O–H groups in total. The second kappa shape index (κ2) is 12.0. The number of benzene rings is 2. The Morgan fingerprint density at radius 2 is 1.67 bits per heavy atom. The third-order valence-corrected chi connectivity index (χ3v) is 8.20. The smallest absolute Gasteiger partial charge is 0.287 e. The number of nitrogens with one attached hydrogen (secondary N) is 1. The highest BCUT2D eigenvalue weighted by atomic mass is 35.5. The highest BCUT2D eigenvalue weighted by Crippen LogP contribution is 2.27. The van der Waals surface area contributed by atoms with Crippen LogP contribution >= 0.6 is 11.6 Å². The van der Waals surface area contributed by atoms with Gasteiger partial charge < -0.3 is 14.5 Å². The first kappa shape index (κ1) is 26.3. The van der Waals surface area contributed by atoms with Gasteiger partial charge in [-0.1, -0.05) is 36.6 Å².